The van der Waals surface area contributed by atoms with E-state index in [-0.39, 0.29) is 0 Å². The van der Waals surface area contributed by atoms with E-state index in [1.807, 2.05) is 38.0 Å². The van der Waals surface area contributed by atoms with E-state index in [4.69, 9.17) is 4.74 Å². The fourth-order valence-corrected chi connectivity index (χ4v) is 0.502. The van der Waals surface area contributed by atoms with Gasteiger partial charge in [0.2, 0.25) is 0 Å². The Labute approximate surface area is 57.2 Å². The molecule has 0 atom stereocenters. The van der Waals surface area contributed by atoms with Gasteiger partial charge in [0.1, 0.15) is 13.5 Å². The van der Waals surface area contributed by atoms with E-state index in [2.05, 4.69) is 0 Å². The van der Waals surface area contributed by atoms with Gasteiger partial charge in [-0.25, -0.2) is 10.0 Å². The molecule has 0 spiro atoms. The molecule has 1 aliphatic heterocycles. The highest BCUT2D eigenvalue weighted by Crippen LogP contribution is 1.98. The number of hydrazine groups is 1. The molecule has 0 aromatic heterocycles. The maximum absolute atomic E-state index is 5.02. The van der Waals surface area contributed by atoms with Crippen molar-refractivity contribution in [1.29, 1.82) is 0 Å². The van der Waals surface area contributed by atoms with Gasteiger partial charge >= 0.3 is 0 Å². The Balaban J connectivity index is 0.000000291. The largest absolute Gasteiger partial charge is 0.348 e. The fraction of sp³-hybridized carbons (Fsp3) is 1.00. The number of rotatable bonds is 0. The molecule has 0 aromatic rings. The summed E-state index contributed by atoms with van der Waals surface area (Å²) >= 11 is 0. The Morgan fingerprint density at radius 1 is 1.00 bits per heavy atom. The zero-order chi connectivity index (χ0) is 7.28. The molecule has 0 radical (unpaired) electrons. The summed E-state index contributed by atoms with van der Waals surface area (Å²) in [5.41, 5.74) is 0. The van der Waals surface area contributed by atoms with Gasteiger partial charge in [-0.3, -0.25) is 0 Å². The fourth-order valence-electron chi connectivity index (χ4n) is 0.502. The Hall–Kier alpha value is -0.120. The summed E-state index contributed by atoms with van der Waals surface area (Å²) in [6, 6.07) is 0. The topological polar surface area (TPSA) is 15.7 Å². The van der Waals surface area contributed by atoms with Crippen LogP contribution in [0.1, 0.15) is 13.8 Å². The molecular formula is C6H16N2O. The first-order chi connectivity index (χ1) is 4.30. The van der Waals surface area contributed by atoms with Gasteiger partial charge in [0.25, 0.3) is 0 Å². The summed E-state index contributed by atoms with van der Waals surface area (Å²) in [4.78, 5) is 0. The highest BCUT2D eigenvalue weighted by atomic mass is 16.5. The Bertz CT molecular complexity index is 60.1. The molecule has 9 heavy (non-hydrogen) atoms. The summed E-state index contributed by atoms with van der Waals surface area (Å²) < 4.78 is 5.02. The van der Waals surface area contributed by atoms with Crippen molar-refractivity contribution in [2.75, 3.05) is 27.6 Å². The van der Waals surface area contributed by atoms with Gasteiger partial charge < -0.3 is 4.74 Å². The molecule has 56 valence electrons. The molecule has 1 saturated heterocycles. The van der Waals surface area contributed by atoms with Crippen LogP contribution in [-0.2, 0) is 4.74 Å². The SMILES string of the molecule is CC.CN1COCN1C. The van der Waals surface area contributed by atoms with Gasteiger partial charge in [0.15, 0.2) is 0 Å². The highest BCUT2D eigenvalue weighted by Gasteiger charge is 2.11. The van der Waals surface area contributed by atoms with Crippen LogP contribution >= 0.6 is 0 Å². The second-order valence-corrected chi connectivity index (χ2v) is 1.78. The van der Waals surface area contributed by atoms with Crippen molar-refractivity contribution in [3.05, 3.63) is 0 Å². The monoisotopic (exact) mass is 132 g/mol. The Morgan fingerprint density at radius 2 is 1.33 bits per heavy atom. The van der Waals surface area contributed by atoms with E-state index in [0.717, 1.165) is 13.5 Å². The summed E-state index contributed by atoms with van der Waals surface area (Å²) in [5.74, 6) is 0. The molecule has 1 fully saturated rings. The maximum Gasteiger partial charge on any atom is 0.113 e. The number of nitrogens with zero attached hydrogens (tertiary/aromatic N) is 2. The lowest BCUT2D eigenvalue weighted by Crippen LogP contribution is -2.28. The van der Waals surface area contributed by atoms with Crippen molar-refractivity contribution in [1.82, 2.24) is 10.0 Å². The number of ether oxygens (including phenoxy) is 1. The van der Waals surface area contributed by atoms with Crippen molar-refractivity contribution in [2.24, 2.45) is 0 Å². The minimum Gasteiger partial charge on any atom is -0.348 e. The molecule has 1 heterocycles. The molecular weight excluding hydrogens is 116 g/mol. The molecule has 0 saturated carbocycles. The molecule has 1 rings (SSSR count). The van der Waals surface area contributed by atoms with Crippen LogP contribution in [0.2, 0.25) is 0 Å². The Morgan fingerprint density at radius 3 is 1.44 bits per heavy atom. The van der Waals surface area contributed by atoms with Gasteiger partial charge in [0.05, 0.1) is 0 Å². The molecule has 0 bridgehead atoms. The quantitative estimate of drug-likeness (QED) is 0.483. The average Bonchev–Trinajstić information content (AvgIpc) is 2.23. The molecule has 0 N–H and O–H groups in total. The number of hydrogen-bond donors (Lipinski definition) is 0. The highest BCUT2D eigenvalue weighted by molar-refractivity contribution is 4.41. The minimum absolute atomic E-state index is 0.733. The molecule has 0 amide bonds. The van der Waals surface area contributed by atoms with Gasteiger partial charge in [-0.05, 0) is 0 Å². The van der Waals surface area contributed by atoms with Crippen molar-refractivity contribution in [3.63, 3.8) is 0 Å². The lowest BCUT2D eigenvalue weighted by Gasteiger charge is -2.13. The Kier molecular flexibility index (Phi) is 4.67. The van der Waals surface area contributed by atoms with E-state index in [1.54, 1.807) is 0 Å². The third-order valence-electron chi connectivity index (χ3n) is 1.14. The average molecular weight is 132 g/mol. The first-order valence-electron chi connectivity index (χ1n) is 3.30. The first-order valence-corrected chi connectivity index (χ1v) is 3.30. The second kappa shape index (κ2) is 4.73. The standard InChI is InChI=1S/C4H10N2O.C2H6/c1-5-3-7-4-6(5)2;1-2/h3-4H2,1-2H3;1-2H3. The molecule has 0 aliphatic carbocycles. The summed E-state index contributed by atoms with van der Waals surface area (Å²) in [6.45, 7) is 5.47. The van der Waals surface area contributed by atoms with Crippen LogP contribution in [-0.4, -0.2) is 37.6 Å². The third kappa shape index (κ3) is 2.79. The van der Waals surface area contributed by atoms with Crippen LogP contribution in [0.15, 0.2) is 0 Å². The third-order valence-corrected chi connectivity index (χ3v) is 1.14. The zero-order valence-electron chi connectivity index (χ0n) is 6.72. The normalized spacial score (nSPS) is 21.3. The van der Waals surface area contributed by atoms with Crippen molar-refractivity contribution >= 4 is 0 Å². The molecule has 0 aromatic carbocycles. The summed E-state index contributed by atoms with van der Waals surface area (Å²) in [5, 5.41) is 4.03. The maximum atomic E-state index is 5.02. The van der Waals surface area contributed by atoms with E-state index in [0.29, 0.717) is 0 Å². The van der Waals surface area contributed by atoms with Crippen molar-refractivity contribution in [2.45, 2.75) is 13.8 Å². The smallest absolute Gasteiger partial charge is 0.113 e. The predicted octanol–water partition coefficient (Wildman–Crippen LogP) is 0.736. The van der Waals surface area contributed by atoms with Gasteiger partial charge in [-0.1, -0.05) is 13.8 Å². The first kappa shape index (κ1) is 8.88. The zero-order valence-corrected chi connectivity index (χ0v) is 6.72. The van der Waals surface area contributed by atoms with Crippen LogP contribution in [0.4, 0.5) is 0 Å². The van der Waals surface area contributed by atoms with Gasteiger partial charge in [0, 0.05) is 14.1 Å². The molecule has 3 heteroatoms. The van der Waals surface area contributed by atoms with Crippen LogP contribution in [0, 0.1) is 0 Å². The molecule has 1 aliphatic rings. The van der Waals surface area contributed by atoms with Gasteiger partial charge in [-0.15, -0.1) is 0 Å². The van der Waals surface area contributed by atoms with Crippen molar-refractivity contribution < 1.29 is 4.74 Å². The van der Waals surface area contributed by atoms with Crippen LogP contribution in [0.25, 0.3) is 0 Å². The molecule has 3 nitrogen and oxygen atoms in total. The van der Waals surface area contributed by atoms with Gasteiger partial charge in [-0.2, -0.15) is 0 Å². The lowest BCUT2D eigenvalue weighted by molar-refractivity contribution is 0.0894. The number of hydrogen-bond acceptors (Lipinski definition) is 3. The van der Waals surface area contributed by atoms with E-state index >= 15 is 0 Å². The second-order valence-electron chi connectivity index (χ2n) is 1.78. The summed E-state index contributed by atoms with van der Waals surface area (Å²) in [7, 11) is 3.99. The van der Waals surface area contributed by atoms with Crippen molar-refractivity contribution in [3.8, 4) is 0 Å². The van der Waals surface area contributed by atoms with Crippen LogP contribution < -0.4 is 0 Å². The van der Waals surface area contributed by atoms with E-state index < -0.39 is 0 Å². The van der Waals surface area contributed by atoms with Crippen LogP contribution in [0.3, 0.4) is 0 Å². The lowest BCUT2D eigenvalue weighted by atomic mass is 11.0. The molecule has 0 unspecified atom stereocenters. The van der Waals surface area contributed by atoms with E-state index in [1.165, 1.54) is 0 Å². The van der Waals surface area contributed by atoms with Crippen LogP contribution in [0.5, 0.6) is 0 Å². The minimum atomic E-state index is 0.733. The summed E-state index contributed by atoms with van der Waals surface area (Å²) in [6.07, 6.45) is 0. The predicted molar refractivity (Wildman–Crippen MR) is 37.7 cm³/mol. The van der Waals surface area contributed by atoms with E-state index in [9.17, 15) is 0 Å².